The van der Waals surface area contributed by atoms with Crippen LogP contribution >= 0.6 is 12.4 Å². The molecule has 0 aliphatic carbocycles. The van der Waals surface area contributed by atoms with Crippen LogP contribution in [0.1, 0.15) is 11.1 Å². The molecule has 0 amide bonds. The first-order valence-electron chi connectivity index (χ1n) is 10.5. The Morgan fingerprint density at radius 2 is 1.50 bits per heavy atom. The monoisotopic (exact) mass is 455 g/mol. The van der Waals surface area contributed by atoms with Gasteiger partial charge in [-0.3, -0.25) is 9.91 Å². The van der Waals surface area contributed by atoms with Gasteiger partial charge in [-0.05, 0) is 16.3 Å². The molecule has 6 nitrogen and oxygen atoms in total. The van der Waals surface area contributed by atoms with Crippen molar-refractivity contribution in [1.82, 2.24) is 9.91 Å². The smallest absolute Gasteiger partial charge is 0.135 e. The Kier molecular flexibility index (Phi) is 8.20. The first-order valence-corrected chi connectivity index (χ1v) is 10.5. The highest BCUT2D eigenvalue weighted by molar-refractivity contribution is 5.88. The van der Waals surface area contributed by atoms with E-state index in [4.69, 9.17) is 19.3 Å². The zero-order valence-corrected chi connectivity index (χ0v) is 19.6. The zero-order valence-electron chi connectivity index (χ0n) is 18.8. The normalized spacial score (nSPS) is 14.4. The van der Waals surface area contributed by atoms with Gasteiger partial charge in [0.15, 0.2) is 0 Å². The van der Waals surface area contributed by atoms with Gasteiger partial charge in [0.05, 0.1) is 33.1 Å². The fourth-order valence-electron chi connectivity index (χ4n) is 3.98. The van der Waals surface area contributed by atoms with Crippen molar-refractivity contribution in [2.24, 2.45) is 5.10 Å². The van der Waals surface area contributed by atoms with E-state index in [0.29, 0.717) is 17.2 Å². The second-order valence-corrected chi connectivity index (χ2v) is 7.56. The number of methoxy groups -OCH3 is 3. The molecule has 0 spiro atoms. The summed E-state index contributed by atoms with van der Waals surface area (Å²) in [6, 6.07) is 18.8. The average molecular weight is 456 g/mol. The summed E-state index contributed by atoms with van der Waals surface area (Å²) in [6.07, 6.45) is 1.82. The summed E-state index contributed by atoms with van der Waals surface area (Å²) in [4.78, 5) is 2.49. The summed E-state index contributed by atoms with van der Waals surface area (Å²) in [7, 11) is 4.90. The first-order chi connectivity index (χ1) is 15.2. The van der Waals surface area contributed by atoms with E-state index in [-0.39, 0.29) is 12.4 Å². The SMILES string of the molecule is COc1cc(OC)c(/C=N/N2CCN(Cc3cccc4ccccc34)CC2)c(OC)c1.Cl. The Morgan fingerprint density at radius 1 is 0.844 bits per heavy atom. The van der Waals surface area contributed by atoms with Crippen LogP contribution in [-0.4, -0.2) is 63.6 Å². The van der Waals surface area contributed by atoms with Gasteiger partial charge in [0.25, 0.3) is 0 Å². The second kappa shape index (κ2) is 11.1. The van der Waals surface area contributed by atoms with Crippen molar-refractivity contribution in [3.8, 4) is 17.2 Å². The lowest BCUT2D eigenvalue weighted by molar-refractivity contribution is 0.131. The molecule has 0 unspecified atom stereocenters. The number of hydrazone groups is 1. The number of piperazine rings is 1. The Hall–Kier alpha value is -2.96. The highest BCUT2D eigenvalue weighted by atomic mass is 35.5. The standard InChI is InChI=1S/C25H29N3O3.ClH/c1-29-21-15-24(30-2)23(25(16-21)31-3)17-26-28-13-11-27(12-14-28)18-20-9-6-8-19-7-4-5-10-22(19)20;/h4-10,15-17H,11-14,18H2,1-3H3;1H/b26-17+;. The third-order valence-electron chi connectivity index (χ3n) is 5.73. The highest BCUT2D eigenvalue weighted by Gasteiger charge is 2.17. The van der Waals surface area contributed by atoms with Gasteiger partial charge in [0.2, 0.25) is 0 Å². The maximum Gasteiger partial charge on any atom is 0.135 e. The van der Waals surface area contributed by atoms with Crippen LogP contribution in [0.3, 0.4) is 0 Å². The van der Waals surface area contributed by atoms with Gasteiger partial charge in [-0.1, -0.05) is 42.5 Å². The predicted molar refractivity (Wildman–Crippen MR) is 132 cm³/mol. The Morgan fingerprint density at radius 3 is 2.16 bits per heavy atom. The zero-order chi connectivity index (χ0) is 21.6. The van der Waals surface area contributed by atoms with Crippen LogP contribution in [0.2, 0.25) is 0 Å². The van der Waals surface area contributed by atoms with E-state index < -0.39 is 0 Å². The minimum absolute atomic E-state index is 0. The van der Waals surface area contributed by atoms with Crippen LogP contribution in [0, 0.1) is 0 Å². The van der Waals surface area contributed by atoms with E-state index in [9.17, 15) is 0 Å². The molecule has 4 rings (SSSR count). The fraction of sp³-hybridized carbons (Fsp3) is 0.320. The molecule has 0 bridgehead atoms. The molecule has 3 aromatic carbocycles. The van der Waals surface area contributed by atoms with E-state index in [1.165, 1.54) is 16.3 Å². The van der Waals surface area contributed by atoms with Crippen molar-refractivity contribution in [3.05, 3.63) is 65.7 Å². The lowest BCUT2D eigenvalue weighted by Crippen LogP contribution is -2.43. The molecular weight excluding hydrogens is 426 g/mol. The third kappa shape index (κ3) is 5.26. The molecule has 0 saturated carbocycles. The maximum atomic E-state index is 5.51. The molecule has 0 atom stereocenters. The number of ether oxygens (including phenoxy) is 3. The summed E-state index contributed by atoms with van der Waals surface area (Å²) in [5, 5.41) is 9.43. The topological polar surface area (TPSA) is 46.5 Å². The van der Waals surface area contributed by atoms with Crippen LogP contribution < -0.4 is 14.2 Å². The van der Waals surface area contributed by atoms with E-state index >= 15 is 0 Å². The number of hydrogen-bond donors (Lipinski definition) is 0. The van der Waals surface area contributed by atoms with Gasteiger partial charge in [-0.15, -0.1) is 12.4 Å². The van der Waals surface area contributed by atoms with Crippen LogP contribution in [0.25, 0.3) is 10.8 Å². The van der Waals surface area contributed by atoms with E-state index in [0.717, 1.165) is 38.3 Å². The summed E-state index contributed by atoms with van der Waals surface area (Å²) >= 11 is 0. The number of nitrogens with zero attached hydrogens (tertiary/aromatic N) is 3. The van der Waals surface area contributed by atoms with E-state index in [1.807, 2.05) is 18.3 Å². The van der Waals surface area contributed by atoms with E-state index in [1.54, 1.807) is 21.3 Å². The Labute approximate surface area is 195 Å². The summed E-state index contributed by atoms with van der Waals surface area (Å²) in [5.41, 5.74) is 2.19. The molecule has 0 radical (unpaired) electrons. The number of hydrogen-bond acceptors (Lipinski definition) is 6. The van der Waals surface area contributed by atoms with Crippen molar-refractivity contribution in [2.45, 2.75) is 6.54 Å². The van der Waals surface area contributed by atoms with Gasteiger partial charge in [0, 0.05) is 44.9 Å². The Bertz CT molecular complexity index is 1030. The van der Waals surface area contributed by atoms with Gasteiger partial charge in [-0.2, -0.15) is 5.10 Å². The number of halogens is 1. The molecule has 3 aromatic rings. The van der Waals surface area contributed by atoms with Crippen molar-refractivity contribution < 1.29 is 14.2 Å². The molecule has 32 heavy (non-hydrogen) atoms. The lowest BCUT2D eigenvalue weighted by atomic mass is 10.0. The molecule has 1 aliphatic heterocycles. The summed E-state index contributed by atoms with van der Waals surface area (Å²) < 4.78 is 16.3. The molecular formula is C25H30ClN3O3. The van der Waals surface area contributed by atoms with Crippen molar-refractivity contribution >= 4 is 29.4 Å². The van der Waals surface area contributed by atoms with Crippen LogP contribution in [0.5, 0.6) is 17.2 Å². The second-order valence-electron chi connectivity index (χ2n) is 7.56. The Balaban J connectivity index is 0.00000289. The number of rotatable bonds is 7. The average Bonchev–Trinajstić information content (AvgIpc) is 2.83. The van der Waals surface area contributed by atoms with E-state index in [2.05, 4.69) is 52.4 Å². The van der Waals surface area contributed by atoms with Gasteiger partial charge >= 0.3 is 0 Å². The van der Waals surface area contributed by atoms with Crippen molar-refractivity contribution in [1.29, 1.82) is 0 Å². The van der Waals surface area contributed by atoms with Crippen molar-refractivity contribution in [2.75, 3.05) is 47.5 Å². The molecule has 1 fully saturated rings. The van der Waals surface area contributed by atoms with Gasteiger partial charge < -0.3 is 14.2 Å². The van der Waals surface area contributed by atoms with Gasteiger partial charge in [-0.25, -0.2) is 0 Å². The minimum Gasteiger partial charge on any atom is -0.496 e. The quantitative estimate of drug-likeness (QED) is 0.493. The maximum absolute atomic E-state index is 5.51. The minimum atomic E-state index is 0. The van der Waals surface area contributed by atoms with Crippen molar-refractivity contribution in [3.63, 3.8) is 0 Å². The molecule has 1 aliphatic rings. The van der Waals surface area contributed by atoms with Gasteiger partial charge in [0.1, 0.15) is 17.2 Å². The molecule has 170 valence electrons. The first kappa shape index (κ1) is 23.7. The van der Waals surface area contributed by atoms with Crippen LogP contribution in [-0.2, 0) is 6.54 Å². The third-order valence-corrected chi connectivity index (χ3v) is 5.73. The number of fused-ring (bicyclic) bond motifs is 1. The summed E-state index contributed by atoms with van der Waals surface area (Å²) in [6.45, 7) is 4.65. The molecule has 1 saturated heterocycles. The lowest BCUT2D eigenvalue weighted by Gasteiger charge is -2.33. The molecule has 0 N–H and O–H groups in total. The molecule has 0 aromatic heterocycles. The predicted octanol–water partition coefficient (Wildman–Crippen LogP) is 4.44. The largest absolute Gasteiger partial charge is 0.496 e. The fourth-order valence-corrected chi connectivity index (χ4v) is 3.98. The van der Waals surface area contributed by atoms with Crippen LogP contribution in [0.15, 0.2) is 59.7 Å². The molecule has 7 heteroatoms. The number of benzene rings is 3. The summed E-state index contributed by atoms with van der Waals surface area (Å²) in [5.74, 6) is 2.04. The van der Waals surface area contributed by atoms with Crippen LogP contribution in [0.4, 0.5) is 0 Å². The molecule has 1 heterocycles. The highest BCUT2D eigenvalue weighted by Crippen LogP contribution is 2.32.